The standard InChI is InChI=1S/C18H16FN5O3/c1-9-15-14(17-21-18(27-22-17)11-6-7-26-10(11)2)20-8-23(15)13-5-3-4-12(19)16(13)24(9)25/h3-5,8,10-11H,6-7H2,1-2H3. The fraction of sp³-hybridized carbons (Fsp3) is 0.333. The molecule has 1 saturated heterocycles. The van der Waals surface area contributed by atoms with E-state index >= 15 is 0 Å². The number of ether oxygens (including phenoxy) is 1. The number of rotatable bonds is 2. The zero-order valence-electron chi connectivity index (χ0n) is 14.7. The largest absolute Gasteiger partial charge is 0.618 e. The van der Waals surface area contributed by atoms with Gasteiger partial charge in [0.1, 0.15) is 23.1 Å². The first-order valence-corrected chi connectivity index (χ1v) is 8.69. The Morgan fingerprint density at radius 2 is 2.22 bits per heavy atom. The van der Waals surface area contributed by atoms with E-state index in [1.807, 2.05) is 6.92 Å². The predicted octanol–water partition coefficient (Wildman–Crippen LogP) is 2.51. The molecule has 0 amide bonds. The van der Waals surface area contributed by atoms with Crippen LogP contribution < -0.4 is 4.73 Å². The Bertz CT molecular complexity index is 1180. The summed E-state index contributed by atoms with van der Waals surface area (Å²) in [6.07, 6.45) is 2.36. The molecule has 1 aromatic carbocycles. The minimum atomic E-state index is -0.584. The summed E-state index contributed by atoms with van der Waals surface area (Å²) < 4.78 is 27.4. The van der Waals surface area contributed by atoms with E-state index in [2.05, 4.69) is 15.1 Å². The molecule has 2 unspecified atom stereocenters. The van der Waals surface area contributed by atoms with Gasteiger partial charge >= 0.3 is 0 Å². The van der Waals surface area contributed by atoms with Crippen molar-refractivity contribution < 1.29 is 18.4 Å². The molecule has 27 heavy (non-hydrogen) atoms. The van der Waals surface area contributed by atoms with Crippen LogP contribution in [0.5, 0.6) is 0 Å². The average molecular weight is 369 g/mol. The number of benzene rings is 1. The molecule has 138 valence electrons. The van der Waals surface area contributed by atoms with E-state index in [1.54, 1.807) is 23.5 Å². The van der Waals surface area contributed by atoms with E-state index in [4.69, 9.17) is 9.26 Å². The van der Waals surface area contributed by atoms with Crippen molar-refractivity contribution in [3.05, 3.63) is 47.1 Å². The van der Waals surface area contributed by atoms with Crippen molar-refractivity contribution in [2.75, 3.05) is 6.61 Å². The summed E-state index contributed by atoms with van der Waals surface area (Å²) in [5.74, 6) is 0.251. The van der Waals surface area contributed by atoms with Crippen LogP contribution in [-0.4, -0.2) is 32.2 Å². The second kappa shape index (κ2) is 5.71. The summed E-state index contributed by atoms with van der Waals surface area (Å²) in [7, 11) is 0. The third kappa shape index (κ3) is 2.24. The van der Waals surface area contributed by atoms with Gasteiger partial charge in [-0.2, -0.15) is 14.1 Å². The smallest absolute Gasteiger partial charge is 0.277 e. The van der Waals surface area contributed by atoms with E-state index in [9.17, 15) is 9.60 Å². The van der Waals surface area contributed by atoms with Crippen LogP contribution >= 0.6 is 0 Å². The number of nitrogens with zero attached hydrogens (tertiary/aromatic N) is 5. The fourth-order valence-corrected chi connectivity index (χ4v) is 3.74. The number of imidazole rings is 1. The molecule has 0 bridgehead atoms. The molecule has 1 aliphatic heterocycles. The SMILES string of the molecule is Cc1c2c(-c3noc(C4CCOC4C)n3)ncn2c2cccc(F)c2[n+]1[O-]. The molecule has 0 aliphatic carbocycles. The van der Waals surface area contributed by atoms with Crippen LogP contribution in [0.15, 0.2) is 29.0 Å². The third-order valence-electron chi connectivity index (χ3n) is 5.19. The van der Waals surface area contributed by atoms with Crippen LogP contribution in [0.3, 0.4) is 0 Å². The summed E-state index contributed by atoms with van der Waals surface area (Å²) in [5.41, 5.74) is 1.64. The van der Waals surface area contributed by atoms with Gasteiger partial charge in [0.2, 0.25) is 17.4 Å². The van der Waals surface area contributed by atoms with Crippen molar-refractivity contribution in [1.29, 1.82) is 0 Å². The Balaban J connectivity index is 1.72. The molecule has 9 heteroatoms. The molecule has 4 aromatic rings. The number of hydrogen-bond donors (Lipinski definition) is 0. The zero-order chi connectivity index (χ0) is 18.7. The minimum absolute atomic E-state index is 0.00879. The zero-order valence-corrected chi connectivity index (χ0v) is 14.7. The Morgan fingerprint density at radius 3 is 3.00 bits per heavy atom. The lowest BCUT2D eigenvalue weighted by Gasteiger charge is -2.09. The van der Waals surface area contributed by atoms with Gasteiger partial charge in [0.05, 0.1) is 12.0 Å². The first kappa shape index (κ1) is 16.1. The number of aryl methyl sites for hydroxylation is 1. The van der Waals surface area contributed by atoms with Gasteiger partial charge in [0.15, 0.2) is 5.82 Å². The van der Waals surface area contributed by atoms with Gasteiger partial charge in [-0.05, 0) is 25.5 Å². The van der Waals surface area contributed by atoms with E-state index in [-0.39, 0.29) is 17.5 Å². The Morgan fingerprint density at radius 1 is 1.37 bits per heavy atom. The molecule has 0 spiro atoms. The minimum Gasteiger partial charge on any atom is -0.618 e. The average Bonchev–Trinajstić information content (AvgIpc) is 3.37. The quantitative estimate of drug-likeness (QED) is 0.398. The number of aromatic nitrogens is 5. The first-order valence-electron chi connectivity index (χ1n) is 8.69. The van der Waals surface area contributed by atoms with E-state index in [0.29, 0.717) is 45.5 Å². The highest BCUT2D eigenvalue weighted by Gasteiger charge is 2.32. The van der Waals surface area contributed by atoms with Gasteiger partial charge < -0.3 is 14.5 Å². The number of hydrogen-bond acceptors (Lipinski definition) is 6. The summed E-state index contributed by atoms with van der Waals surface area (Å²) >= 11 is 0. The van der Waals surface area contributed by atoms with Crippen LogP contribution in [0.1, 0.15) is 30.8 Å². The van der Waals surface area contributed by atoms with Gasteiger partial charge in [0.25, 0.3) is 5.52 Å². The third-order valence-corrected chi connectivity index (χ3v) is 5.19. The first-order chi connectivity index (χ1) is 13.1. The molecule has 0 N–H and O–H groups in total. The van der Waals surface area contributed by atoms with E-state index in [0.717, 1.165) is 6.42 Å². The molecule has 8 nitrogen and oxygen atoms in total. The van der Waals surface area contributed by atoms with Crippen molar-refractivity contribution in [1.82, 2.24) is 19.5 Å². The molecule has 3 aromatic heterocycles. The Hall–Kier alpha value is -3.07. The molecule has 0 saturated carbocycles. The van der Waals surface area contributed by atoms with Gasteiger partial charge in [-0.3, -0.25) is 4.40 Å². The molecule has 2 atom stereocenters. The lowest BCUT2D eigenvalue weighted by Crippen LogP contribution is -2.33. The molecule has 5 rings (SSSR count). The summed E-state index contributed by atoms with van der Waals surface area (Å²) in [6, 6.07) is 4.49. The molecule has 0 radical (unpaired) electrons. The fourth-order valence-electron chi connectivity index (χ4n) is 3.74. The summed E-state index contributed by atoms with van der Waals surface area (Å²) in [5, 5.41) is 16.7. The topological polar surface area (TPSA) is 92.4 Å². The number of para-hydroxylation sites is 1. The van der Waals surface area contributed by atoms with Crippen molar-refractivity contribution >= 4 is 16.6 Å². The summed E-state index contributed by atoms with van der Waals surface area (Å²) in [4.78, 5) is 8.86. The van der Waals surface area contributed by atoms with E-state index < -0.39 is 5.82 Å². The monoisotopic (exact) mass is 369 g/mol. The second-order valence-corrected chi connectivity index (χ2v) is 6.73. The highest BCUT2D eigenvalue weighted by Crippen LogP contribution is 2.32. The molecular formula is C18H16FN5O3. The van der Waals surface area contributed by atoms with Crippen LogP contribution in [0.4, 0.5) is 4.39 Å². The highest BCUT2D eigenvalue weighted by atomic mass is 19.1. The second-order valence-electron chi connectivity index (χ2n) is 6.73. The van der Waals surface area contributed by atoms with Gasteiger partial charge in [-0.25, -0.2) is 4.98 Å². The van der Waals surface area contributed by atoms with Gasteiger partial charge in [-0.15, -0.1) is 0 Å². The maximum absolute atomic E-state index is 14.2. The maximum atomic E-state index is 14.2. The lowest BCUT2D eigenvalue weighted by atomic mass is 10.0. The maximum Gasteiger partial charge on any atom is 0.277 e. The van der Waals surface area contributed by atoms with Crippen LogP contribution in [0.25, 0.3) is 28.1 Å². The molecule has 4 heterocycles. The van der Waals surface area contributed by atoms with Crippen molar-refractivity contribution in [3.8, 4) is 11.5 Å². The molecular weight excluding hydrogens is 353 g/mol. The molecule has 1 fully saturated rings. The van der Waals surface area contributed by atoms with E-state index in [1.165, 1.54) is 12.4 Å². The number of halogens is 1. The van der Waals surface area contributed by atoms with Gasteiger partial charge in [0, 0.05) is 13.5 Å². The lowest BCUT2D eigenvalue weighted by molar-refractivity contribution is -0.584. The number of fused-ring (bicyclic) bond motifs is 3. The highest BCUT2D eigenvalue weighted by molar-refractivity contribution is 5.82. The van der Waals surface area contributed by atoms with Crippen molar-refractivity contribution in [2.24, 2.45) is 0 Å². The Labute approximate surface area is 152 Å². The normalized spacial score (nSPS) is 20.1. The van der Waals surface area contributed by atoms with Crippen molar-refractivity contribution in [2.45, 2.75) is 32.3 Å². The van der Waals surface area contributed by atoms with Crippen molar-refractivity contribution in [3.63, 3.8) is 0 Å². The van der Waals surface area contributed by atoms with Gasteiger partial charge in [-0.1, -0.05) is 11.2 Å². The predicted molar refractivity (Wildman–Crippen MR) is 92.4 cm³/mol. The summed E-state index contributed by atoms with van der Waals surface area (Å²) in [6.45, 7) is 4.25. The molecule has 1 aliphatic rings. The van der Waals surface area contributed by atoms with Crippen LogP contribution in [-0.2, 0) is 4.74 Å². The van der Waals surface area contributed by atoms with Crippen LogP contribution in [0, 0.1) is 17.9 Å². The Kier molecular flexibility index (Phi) is 3.41. The van der Waals surface area contributed by atoms with Crippen LogP contribution in [0.2, 0.25) is 0 Å².